The summed E-state index contributed by atoms with van der Waals surface area (Å²) in [6.45, 7) is 3.77. The van der Waals surface area contributed by atoms with Crippen molar-refractivity contribution in [3.05, 3.63) is 10.6 Å². The zero-order valence-electron chi connectivity index (χ0n) is 9.03. The summed E-state index contributed by atoms with van der Waals surface area (Å²) in [7, 11) is 0. The normalized spacial score (nSPS) is 12.5. The number of aryl methyl sites for hydroxylation is 1. The van der Waals surface area contributed by atoms with Crippen LogP contribution in [0, 0.1) is 6.92 Å². The van der Waals surface area contributed by atoms with E-state index in [1.165, 1.54) is 11.3 Å². The number of amides is 1. The van der Waals surface area contributed by atoms with Crippen molar-refractivity contribution in [1.29, 1.82) is 0 Å². The van der Waals surface area contributed by atoms with Gasteiger partial charge in [0.15, 0.2) is 5.13 Å². The van der Waals surface area contributed by atoms with Gasteiger partial charge in [-0.3, -0.25) is 4.79 Å². The zero-order valence-corrected chi connectivity index (χ0v) is 10.7. The number of nitrogens with zero attached hydrogens (tertiary/aromatic N) is 1. The average molecular weight is 245 g/mol. The first kappa shape index (κ1) is 12.3. The molecule has 0 aromatic carbocycles. The molecule has 6 heteroatoms. The maximum atomic E-state index is 11.8. The van der Waals surface area contributed by atoms with Crippen molar-refractivity contribution in [2.45, 2.75) is 19.9 Å². The van der Waals surface area contributed by atoms with Gasteiger partial charge in [-0.15, -0.1) is 0 Å². The third-order valence-corrected chi connectivity index (χ3v) is 3.63. The Morgan fingerprint density at radius 3 is 2.87 bits per heavy atom. The van der Waals surface area contributed by atoms with E-state index in [0.717, 1.165) is 5.75 Å². The number of hydrogen-bond donors (Lipinski definition) is 2. The predicted octanol–water partition coefficient (Wildman–Crippen LogP) is 1.52. The van der Waals surface area contributed by atoms with Crippen LogP contribution in [0.4, 0.5) is 5.13 Å². The first-order valence-corrected chi connectivity index (χ1v) is 6.78. The summed E-state index contributed by atoms with van der Waals surface area (Å²) >= 11 is 2.94. The Hall–Kier alpha value is -0.750. The smallest absolute Gasteiger partial charge is 0.263 e. The van der Waals surface area contributed by atoms with Crippen molar-refractivity contribution in [2.24, 2.45) is 0 Å². The molecule has 15 heavy (non-hydrogen) atoms. The third-order valence-electron chi connectivity index (χ3n) is 1.81. The number of carbonyl (C=O) groups is 1. The second-order valence-electron chi connectivity index (χ2n) is 3.30. The average Bonchev–Trinajstić information content (AvgIpc) is 2.45. The summed E-state index contributed by atoms with van der Waals surface area (Å²) in [6, 6.07) is 0.162. The quantitative estimate of drug-likeness (QED) is 0.844. The fourth-order valence-corrected chi connectivity index (χ4v) is 2.53. The Kier molecular flexibility index (Phi) is 4.41. The summed E-state index contributed by atoms with van der Waals surface area (Å²) in [5.41, 5.74) is 6.23. The summed E-state index contributed by atoms with van der Waals surface area (Å²) in [6.07, 6.45) is 2.01. The molecule has 1 aromatic rings. The van der Waals surface area contributed by atoms with E-state index in [0.29, 0.717) is 15.7 Å². The summed E-state index contributed by atoms with van der Waals surface area (Å²) in [5.74, 6) is 0.822. The number of thioether (sulfide) groups is 1. The Labute approximate surface area is 97.7 Å². The Bertz CT molecular complexity index is 351. The molecule has 0 saturated heterocycles. The van der Waals surface area contributed by atoms with E-state index < -0.39 is 0 Å². The number of carbonyl (C=O) groups excluding carboxylic acids is 1. The van der Waals surface area contributed by atoms with E-state index in [4.69, 9.17) is 5.73 Å². The fourth-order valence-electron chi connectivity index (χ4n) is 1.21. The van der Waals surface area contributed by atoms with Gasteiger partial charge in [-0.25, -0.2) is 4.98 Å². The lowest BCUT2D eigenvalue weighted by Gasteiger charge is -2.11. The molecule has 0 aliphatic rings. The van der Waals surface area contributed by atoms with Crippen LogP contribution in [0.1, 0.15) is 22.3 Å². The van der Waals surface area contributed by atoms with Gasteiger partial charge in [0.1, 0.15) is 4.88 Å². The molecule has 3 N–H and O–H groups in total. The van der Waals surface area contributed by atoms with Gasteiger partial charge in [-0.1, -0.05) is 11.3 Å². The van der Waals surface area contributed by atoms with Crippen LogP contribution in [0.5, 0.6) is 0 Å². The molecule has 4 nitrogen and oxygen atoms in total. The molecular formula is C9H15N3OS2. The molecule has 0 radical (unpaired) electrons. The molecular weight excluding hydrogens is 230 g/mol. The highest BCUT2D eigenvalue weighted by molar-refractivity contribution is 7.98. The zero-order chi connectivity index (χ0) is 11.4. The molecule has 0 saturated carbocycles. The molecule has 84 valence electrons. The first-order chi connectivity index (χ1) is 7.04. The van der Waals surface area contributed by atoms with E-state index in [9.17, 15) is 4.79 Å². The van der Waals surface area contributed by atoms with E-state index in [2.05, 4.69) is 10.3 Å². The van der Waals surface area contributed by atoms with Crippen LogP contribution in [0.3, 0.4) is 0 Å². The van der Waals surface area contributed by atoms with Crippen LogP contribution in [0.15, 0.2) is 0 Å². The minimum atomic E-state index is -0.0803. The molecule has 1 rings (SSSR count). The number of nitrogen functional groups attached to an aromatic ring is 1. The highest BCUT2D eigenvalue weighted by Gasteiger charge is 2.15. The van der Waals surface area contributed by atoms with E-state index in [1.54, 1.807) is 18.7 Å². The minimum Gasteiger partial charge on any atom is -0.375 e. The van der Waals surface area contributed by atoms with E-state index in [-0.39, 0.29) is 11.9 Å². The lowest BCUT2D eigenvalue weighted by atomic mass is 10.3. The Morgan fingerprint density at radius 2 is 2.40 bits per heavy atom. The number of hydrogen-bond acceptors (Lipinski definition) is 5. The number of nitrogens with two attached hydrogens (primary N) is 1. The fraction of sp³-hybridized carbons (Fsp3) is 0.556. The van der Waals surface area contributed by atoms with E-state index >= 15 is 0 Å². The van der Waals surface area contributed by atoms with Gasteiger partial charge < -0.3 is 11.1 Å². The van der Waals surface area contributed by atoms with Crippen molar-refractivity contribution >= 4 is 34.1 Å². The van der Waals surface area contributed by atoms with Gasteiger partial charge in [0.25, 0.3) is 5.91 Å². The van der Waals surface area contributed by atoms with Gasteiger partial charge in [0, 0.05) is 11.8 Å². The second kappa shape index (κ2) is 5.37. The number of nitrogens with one attached hydrogen (secondary N) is 1. The van der Waals surface area contributed by atoms with Gasteiger partial charge in [0.05, 0.1) is 5.69 Å². The van der Waals surface area contributed by atoms with Gasteiger partial charge in [0.2, 0.25) is 0 Å². The molecule has 0 aliphatic carbocycles. The maximum absolute atomic E-state index is 11.8. The predicted molar refractivity (Wildman–Crippen MR) is 66.6 cm³/mol. The third kappa shape index (κ3) is 3.39. The van der Waals surface area contributed by atoms with Crippen molar-refractivity contribution in [3.8, 4) is 0 Å². The van der Waals surface area contributed by atoms with Crippen LogP contribution in [0.25, 0.3) is 0 Å². The molecule has 0 spiro atoms. The van der Waals surface area contributed by atoms with Crippen LogP contribution in [-0.2, 0) is 0 Å². The van der Waals surface area contributed by atoms with Gasteiger partial charge >= 0.3 is 0 Å². The molecule has 0 bridgehead atoms. The molecule has 0 fully saturated rings. The topological polar surface area (TPSA) is 68.0 Å². The highest BCUT2D eigenvalue weighted by Crippen LogP contribution is 2.19. The number of aromatic nitrogens is 1. The lowest BCUT2D eigenvalue weighted by molar-refractivity contribution is 0.0947. The summed E-state index contributed by atoms with van der Waals surface area (Å²) in [5, 5.41) is 3.35. The van der Waals surface area contributed by atoms with Crippen molar-refractivity contribution in [3.63, 3.8) is 0 Å². The maximum Gasteiger partial charge on any atom is 0.263 e. The molecule has 0 aliphatic heterocycles. The Morgan fingerprint density at radius 1 is 1.73 bits per heavy atom. The highest BCUT2D eigenvalue weighted by atomic mass is 32.2. The van der Waals surface area contributed by atoms with Crippen molar-refractivity contribution < 1.29 is 4.79 Å². The van der Waals surface area contributed by atoms with Crippen molar-refractivity contribution in [1.82, 2.24) is 10.3 Å². The monoisotopic (exact) mass is 245 g/mol. The molecule has 1 atom stereocenters. The standard InChI is InChI=1S/C9H15N3OS2/c1-5(4-14-3)11-8(13)7-6(2)12-9(10)15-7/h5H,4H2,1-3H3,(H2,10,12)(H,11,13). The number of thiazole rings is 1. The van der Waals surface area contributed by atoms with Crippen LogP contribution < -0.4 is 11.1 Å². The minimum absolute atomic E-state index is 0.0803. The molecule has 1 amide bonds. The molecule has 1 aromatic heterocycles. The number of rotatable bonds is 4. The Balaban J connectivity index is 2.65. The lowest BCUT2D eigenvalue weighted by Crippen LogP contribution is -2.34. The summed E-state index contributed by atoms with van der Waals surface area (Å²) < 4.78 is 0. The number of anilines is 1. The van der Waals surface area contributed by atoms with Crippen LogP contribution in [-0.4, -0.2) is 28.9 Å². The van der Waals surface area contributed by atoms with Gasteiger partial charge in [-0.2, -0.15) is 11.8 Å². The van der Waals surface area contributed by atoms with E-state index in [1.807, 2.05) is 13.2 Å². The van der Waals surface area contributed by atoms with Crippen LogP contribution in [0.2, 0.25) is 0 Å². The molecule has 1 heterocycles. The second-order valence-corrected chi connectivity index (χ2v) is 5.24. The largest absolute Gasteiger partial charge is 0.375 e. The summed E-state index contributed by atoms with van der Waals surface area (Å²) in [4.78, 5) is 16.4. The van der Waals surface area contributed by atoms with Crippen LogP contribution >= 0.6 is 23.1 Å². The molecule has 1 unspecified atom stereocenters. The first-order valence-electron chi connectivity index (χ1n) is 4.57. The van der Waals surface area contributed by atoms with Crippen molar-refractivity contribution in [2.75, 3.05) is 17.7 Å². The SMILES string of the molecule is CSCC(C)NC(=O)c1sc(N)nc1C. The van der Waals surface area contributed by atoms with Gasteiger partial charge in [-0.05, 0) is 20.1 Å².